The number of terminal acetylenes is 1. The summed E-state index contributed by atoms with van der Waals surface area (Å²) in [5.41, 5.74) is 7.86. The number of carbonyl (C=O) groups is 1. The predicted octanol–water partition coefficient (Wildman–Crippen LogP) is 2.11. The maximum Gasteiger partial charge on any atom is 0.251 e. The highest BCUT2D eigenvalue weighted by atomic mass is 16.1. The molecule has 3 heteroatoms. The number of anilines is 1. The summed E-state index contributed by atoms with van der Waals surface area (Å²) in [5.74, 6) is 2.44. The van der Waals surface area contributed by atoms with Crippen LogP contribution in [0.3, 0.4) is 0 Å². The molecule has 1 aromatic rings. The maximum atomic E-state index is 12.0. The summed E-state index contributed by atoms with van der Waals surface area (Å²) < 4.78 is 0. The number of rotatable bonds is 4. The summed E-state index contributed by atoms with van der Waals surface area (Å²) in [6.45, 7) is 3.90. The molecular weight excluding hydrogens is 212 g/mol. The highest BCUT2D eigenvalue weighted by Crippen LogP contribution is 2.11. The second-order valence-corrected chi connectivity index (χ2v) is 4.12. The van der Waals surface area contributed by atoms with Gasteiger partial charge in [-0.15, -0.1) is 12.3 Å². The molecule has 0 fully saturated rings. The minimum absolute atomic E-state index is 0.0224. The molecule has 0 spiro atoms. The molecule has 1 atom stereocenters. The Morgan fingerprint density at radius 3 is 2.76 bits per heavy atom. The molecule has 3 N–H and O–H groups in total. The van der Waals surface area contributed by atoms with Gasteiger partial charge in [-0.2, -0.15) is 0 Å². The topological polar surface area (TPSA) is 55.1 Å². The van der Waals surface area contributed by atoms with Crippen molar-refractivity contribution < 1.29 is 4.79 Å². The van der Waals surface area contributed by atoms with Crippen LogP contribution in [0.15, 0.2) is 18.2 Å². The van der Waals surface area contributed by atoms with Gasteiger partial charge in [0.1, 0.15) is 0 Å². The highest BCUT2D eigenvalue weighted by Gasteiger charge is 2.11. The van der Waals surface area contributed by atoms with Gasteiger partial charge in [0.2, 0.25) is 0 Å². The molecule has 0 aliphatic rings. The fourth-order valence-electron chi connectivity index (χ4n) is 1.65. The molecule has 1 aromatic carbocycles. The van der Waals surface area contributed by atoms with Gasteiger partial charge in [0.15, 0.2) is 0 Å². The third kappa shape index (κ3) is 3.84. The number of carbonyl (C=O) groups excluding carboxylic acids is 1. The number of amides is 1. The van der Waals surface area contributed by atoms with Crippen molar-refractivity contribution in [2.45, 2.75) is 32.7 Å². The molecule has 0 aliphatic heterocycles. The minimum Gasteiger partial charge on any atom is -0.399 e. The zero-order chi connectivity index (χ0) is 12.8. The van der Waals surface area contributed by atoms with E-state index in [9.17, 15) is 4.79 Å². The van der Waals surface area contributed by atoms with Crippen LogP contribution in [0.5, 0.6) is 0 Å². The van der Waals surface area contributed by atoms with Crippen molar-refractivity contribution in [1.29, 1.82) is 0 Å². The van der Waals surface area contributed by atoms with Crippen molar-refractivity contribution in [3.05, 3.63) is 29.3 Å². The summed E-state index contributed by atoms with van der Waals surface area (Å²) >= 11 is 0. The quantitative estimate of drug-likeness (QED) is 0.615. The van der Waals surface area contributed by atoms with Gasteiger partial charge in [-0.3, -0.25) is 4.79 Å². The van der Waals surface area contributed by atoms with Gasteiger partial charge >= 0.3 is 0 Å². The average molecular weight is 230 g/mol. The van der Waals surface area contributed by atoms with Crippen LogP contribution >= 0.6 is 0 Å². The summed E-state index contributed by atoms with van der Waals surface area (Å²) in [5, 5.41) is 2.90. The van der Waals surface area contributed by atoms with E-state index in [-0.39, 0.29) is 11.9 Å². The molecule has 0 saturated carbocycles. The first kappa shape index (κ1) is 13.1. The third-order valence-corrected chi connectivity index (χ3v) is 2.55. The molecule has 1 unspecified atom stereocenters. The Kier molecular flexibility index (Phi) is 4.59. The minimum atomic E-state index is -0.123. The number of hydrogen-bond donors (Lipinski definition) is 2. The normalized spacial score (nSPS) is 11.6. The van der Waals surface area contributed by atoms with E-state index in [1.54, 1.807) is 6.07 Å². The van der Waals surface area contributed by atoms with E-state index in [1.165, 1.54) is 0 Å². The van der Waals surface area contributed by atoms with Crippen molar-refractivity contribution >= 4 is 11.6 Å². The van der Waals surface area contributed by atoms with E-state index < -0.39 is 0 Å². The Morgan fingerprint density at radius 1 is 1.53 bits per heavy atom. The molecule has 0 radical (unpaired) electrons. The molecule has 17 heavy (non-hydrogen) atoms. The van der Waals surface area contributed by atoms with Gasteiger partial charge < -0.3 is 11.1 Å². The van der Waals surface area contributed by atoms with Crippen LogP contribution < -0.4 is 11.1 Å². The van der Waals surface area contributed by atoms with E-state index in [2.05, 4.69) is 11.2 Å². The monoisotopic (exact) mass is 230 g/mol. The van der Waals surface area contributed by atoms with Crippen molar-refractivity contribution in [3.63, 3.8) is 0 Å². The lowest BCUT2D eigenvalue weighted by Crippen LogP contribution is -2.34. The number of benzene rings is 1. The van der Waals surface area contributed by atoms with Gasteiger partial charge in [-0.05, 0) is 37.1 Å². The van der Waals surface area contributed by atoms with Crippen LogP contribution in [0, 0.1) is 19.3 Å². The number of nitrogen functional groups attached to an aromatic ring is 1. The molecule has 1 amide bonds. The summed E-state index contributed by atoms with van der Waals surface area (Å²) in [4.78, 5) is 12.0. The Morgan fingerprint density at radius 2 is 2.24 bits per heavy atom. The smallest absolute Gasteiger partial charge is 0.251 e. The van der Waals surface area contributed by atoms with Gasteiger partial charge in [0, 0.05) is 23.7 Å². The summed E-state index contributed by atoms with van der Waals surface area (Å²) in [6, 6.07) is 5.34. The van der Waals surface area contributed by atoms with Crippen LogP contribution in [0.25, 0.3) is 0 Å². The van der Waals surface area contributed by atoms with Crippen LogP contribution in [0.4, 0.5) is 5.69 Å². The Balaban J connectivity index is 2.79. The van der Waals surface area contributed by atoms with Gasteiger partial charge in [0.25, 0.3) is 5.91 Å². The van der Waals surface area contributed by atoms with E-state index in [1.807, 2.05) is 26.0 Å². The van der Waals surface area contributed by atoms with Crippen molar-refractivity contribution in [1.82, 2.24) is 5.32 Å². The number of hydrogen-bond acceptors (Lipinski definition) is 2. The van der Waals surface area contributed by atoms with Gasteiger partial charge in [-0.25, -0.2) is 0 Å². The lowest BCUT2D eigenvalue weighted by atomic mass is 10.1. The van der Waals surface area contributed by atoms with Crippen LogP contribution in [-0.2, 0) is 0 Å². The second kappa shape index (κ2) is 5.95. The molecule has 3 nitrogen and oxygen atoms in total. The molecular formula is C14H18N2O. The highest BCUT2D eigenvalue weighted by molar-refractivity contribution is 5.95. The summed E-state index contributed by atoms with van der Waals surface area (Å²) in [7, 11) is 0. The molecule has 0 saturated heterocycles. The van der Waals surface area contributed by atoms with Crippen LogP contribution in [0.1, 0.15) is 35.7 Å². The average Bonchev–Trinajstić information content (AvgIpc) is 2.27. The fraction of sp³-hybridized carbons (Fsp3) is 0.357. The molecule has 0 aromatic heterocycles. The number of nitrogens with two attached hydrogens (primary N) is 1. The van der Waals surface area contributed by atoms with Gasteiger partial charge in [-0.1, -0.05) is 6.92 Å². The first-order valence-electron chi connectivity index (χ1n) is 5.68. The Bertz CT molecular complexity index is 426. The maximum absolute atomic E-state index is 12.0. The third-order valence-electron chi connectivity index (χ3n) is 2.55. The first-order chi connectivity index (χ1) is 8.06. The molecule has 0 heterocycles. The zero-order valence-corrected chi connectivity index (χ0v) is 10.3. The van der Waals surface area contributed by atoms with Crippen molar-refractivity contribution in [2.75, 3.05) is 5.73 Å². The van der Waals surface area contributed by atoms with Crippen LogP contribution in [0.2, 0.25) is 0 Å². The standard InChI is InChI=1S/C14H18N2O/c1-4-6-13(5-2)16-14(17)11-7-10(3)8-12(15)9-11/h1,7-9,13H,5-6,15H2,2-3H3,(H,16,17). The molecule has 90 valence electrons. The van der Waals surface area contributed by atoms with E-state index in [0.29, 0.717) is 17.7 Å². The largest absolute Gasteiger partial charge is 0.399 e. The fourth-order valence-corrected chi connectivity index (χ4v) is 1.65. The van der Waals surface area contributed by atoms with Gasteiger partial charge in [0.05, 0.1) is 0 Å². The lowest BCUT2D eigenvalue weighted by molar-refractivity contribution is 0.0936. The van der Waals surface area contributed by atoms with E-state index in [4.69, 9.17) is 12.2 Å². The predicted molar refractivity (Wildman–Crippen MR) is 70.6 cm³/mol. The Labute approximate surface area is 102 Å². The second-order valence-electron chi connectivity index (χ2n) is 4.12. The SMILES string of the molecule is C#CCC(CC)NC(=O)c1cc(C)cc(N)c1. The summed E-state index contributed by atoms with van der Waals surface area (Å²) in [6.07, 6.45) is 6.61. The molecule has 1 rings (SSSR count). The van der Waals surface area contributed by atoms with Crippen molar-refractivity contribution in [3.8, 4) is 12.3 Å². The lowest BCUT2D eigenvalue weighted by Gasteiger charge is -2.14. The number of aryl methyl sites for hydroxylation is 1. The molecule has 0 aliphatic carbocycles. The first-order valence-corrected chi connectivity index (χ1v) is 5.68. The Hall–Kier alpha value is -1.95. The zero-order valence-electron chi connectivity index (χ0n) is 10.3. The van der Waals surface area contributed by atoms with Crippen molar-refractivity contribution in [2.24, 2.45) is 0 Å². The van der Waals surface area contributed by atoms with Crippen LogP contribution in [-0.4, -0.2) is 11.9 Å². The number of nitrogens with one attached hydrogen (secondary N) is 1. The molecule has 0 bridgehead atoms. The van der Waals surface area contributed by atoms with E-state index >= 15 is 0 Å². The van der Waals surface area contributed by atoms with E-state index in [0.717, 1.165) is 12.0 Å².